The van der Waals surface area contributed by atoms with Crippen LogP contribution in [-0.4, -0.2) is 17.3 Å². The van der Waals surface area contributed by atoms with E-state index in [-0.39, 0.29) is 18.2 Å². The Kier molecular flexibility index (Phi) is 3.51. The lowest BCUT2D eigenvalue weighted by atomic mass is 10.1. The van der Waals surface area contributed by atoms with Gasteiger partial charge in [-0.3, -0.25) is 0 Å². The monoisotopic (exact) mass is 227 g/mol. The van der Waals surface area contributed by atoms with Gasteiger partial charge in [-0.25, -0.2) is 8.78 Å². The number of aliphatic hydroxyl groups excluding tert-OH is 1. The second-order valence-electron chi connectivity index (χ2n) is 4.19. The predicted molar refractivity (Wildman–Crippen MR) is 56.8 cm³/mol. The summed E-state index contributed by atoms with van der Waals surface area (Å²) in [5, 5.41) is 12.6. The number of rotatable bonds is 3. The Morgan fingerprint density at radius 2 is 1.94 bits per heavy atom. The van der Waals surface area contributed by atoms with E-state index in [4.69, 9.17) is 0 Å². The molecule has 2 N–H and O–H groups in total. The highest BCUT2D eigenvalue weighted by Gasteiger charge is 2.24. The molecule has 0 radical (unpaired) electrons. The number of benzene rings is 1. The normalized spacial score (nSPS) is 24.9. The lowest BCUT2D eigenvalue weighted by Crippen LogP contribution is -2.35. The summed E-state index contributed by atoms with van der Waals surface area (Å²) in [7, 11) is 0. The molecule has 88 valence electrons. The molecule has 1 fully saturated rings. The highest BCUT2D eigenvalue weighted by molar-refractivity contribution is 5.19. The number of halogens is 2. The number of hydrogen-bond donors (Lipinski definition) is 2. The summed E-state index contributed by atoms with van der Waals surface area (Å²) in [6.45, 7) is 0.125. The maximum absolute atomic E-state index is 13.3. The Labute approximate surface area is 93.3 Å². The van der Waals surface area contributed by atoms with Crippen molar-refractivity contribution < 1.29 is 13.9 Å². The Bertz CT molecular complexity index is 350. The molecule has 1 aliphatic carbocycles. The first-order valence-corrected chi connectivity index (χ1v) is 5.53. The molecule has 0 amide bonds. The van der Waals surface area contributed by atoms with E-state index in [2.05, 4.69) is 5.32 Å². The molecule has 2 nitrogen and oxygen atoms in total. The van der Waals surface area contributed by atoms with Crippen molar-refractivity contribution in [2.75, 3.05) is 0 Å². The maximum atomic E-state index is 13.3. The van der Waals surface area contributed by atoms with E-state index < -0.39 is 17.7 Å². The minimum absolute atomic E-state index is 0.0426. The smallest absolute Gasteiger partial charge is 0.130 e. The molecular formula is C12H15F2NO. The van der Waals surface area contributed by atoms with Gasteiger partial charge >= 0.3 is 0 Å². The summed E-state index contributed by atoms with van der Waals surface area (Å²) in [5.41, 5.74) is 0.0431. The quantitative estimate of drug-likeness (QED) is 0.827. The van der Waals surface area contributed by atoms with Crippen LogP contribution in [0.1, 0.15) is 24.8 Å². The largest absolute Gasteiger partial charge is 0.392 e. The van der Waals surface area contributed by atoms with E-state index in [1.807, 2.05) is 0 Å². The van der Waals surface area contributed by atoms with Crippen molar-refractivity contribution in [1.29, 1.82) is 0 Å². The Balaban J connectivity index is 1.99. The van der Waals surface area contributed by atoms with E-state index in [1.165, 1.54) is 18.2 Å². The van der Waals surface area contributed by atoms with E-state index >= 15 is 0 Å². The van der Waals surface area contributed by atoms with Gasteiger partial charge in [-0.05, 0) is 31.4 Å². The Hall–Kier alpha value is -1.00. The SMILES string of the molecule is O[C@@H]1CCC[C@H]1NCc1c(F)cccc1F. The van der Waals surface area contributed by atoms with Crippen LogP contribution >= 0.6 is 0 Å². The van der Waals surface area contributed by atoms with Crippen molar-refractivity contribution in [3.8, 4) is 0 Å². The molecule has 0 bridgehead atoms. The summed E-state index contributed by atoms with van der Waals surface area (Å²) in [6.07, 6.45) is 2.18. The van der Waals surface area contributed by atoms with Gasteiger partial charge in [-0.15, -0.1) is 0 Å². The molecule has 0 unspecified atom stereocenters. The zero-order valence-corrected chi connectivity index (χ0v) is 8.92. The lowest BCUT2D eigenvalue weighted by Gasteiger charge is -2.16. The summed E-state index contributed by atoms with van der Waals surface area (Å²) in [4.78, 5) is 0. The molecule has 1 aromatic rings. The van der Waals surface area contributed by atoms with Crippen molar-refractivity contribution in [3.05, 3.63) is 35.4 Å². The third-order valence-corrected chi connectivity index (χ3v) is 3.08. The highest BCUT2D eigenvalue weighted by atomic mass is 19.1. The maximum Gasteiger partial charge on any atom is 0.130 e. The van der Waals surface area contributed by atoms with Crippen LogP contribution in [-0.2, 0) is 6.54 Å². The molecular weight excluding hydrogens is 212 g/mol. The molecule has 1 aliphatic rings. The lowest BCUT2D eigenvalue weighted by molar-refractivity contribution is 0.148. The molecule has 1 saturated carbocycles. The average molecular weight is 227 g/mol. The first kappa shape index (κ1) is 11.5. The van der Waals surface area contributed by atoms with Crippen molar-refractivity contribution >= 4 is 0 Å². The van der Waals surface area contributed by atoms with Gasteiger partial charge in [0.05, 0.1) is 6.10 Å². The van der Waals surface area contributed by atoms with Gasteiger partial charge < -0.3 is 10.4 Å². The fraction of sp³-hybridized carbons (Fsp3) is 0.500. The van der Waals surface area contributed by atoms with E-state index in [0.29, 0.717) is 0 Å². The van der Waals surface area contributed by atoms with Crippen LogP contribution in [0.3, 0.4) is 0 Å². The van der Waals surface area contributed by atoms with Crippen molar-refractivity contribution in [1.82, 2.24) is 5.32 Å². The van der Waals surface area contributed by atoms with Crippen LogP contribution in [0.15, 0.2) is 18.2 Å². The summed E-state index contributed by atoms with van der Waals surface area (Å²) in [5.74, 6) is -1.08. The van der Waals surface area contributed by atoms with Gasteiger partial charge in [-0.1, -0.05) is 6.07 Å². The first-order chi connectivity index (χ1) is 7.68. The van der Waals surface area contributed by atoms with Gasteiger partial charge in [0.1, 0.15) is 11.6 Å². The van der Waals surface area contributed by atoms with Crippen molar-refractivity contribution in [3.63, 3.8) is 0 Å². The van der Waals surface area contributed by atoms with Gasteiger partial charge in [-0.2, -0.15) is 0 Å². The van der Waals surface area contributed by atoms with Crippen LogP contribution in [0, 0.1) is 11.6 Å². The fourth-order valence-corrected chi connectivity index (χ4v) is 2.11. The summed E-state index contributed by atoms with van der Waals surface area (Å²) in [6, 6.07) is 3.79. The second-order valence-corrected chi connectivity index (χ2v) is 4.19. The average Bonchev–Trinajstić information content (AvgIpc) is 2.64. The summed E-state index contributed by atoms with van der Waals surface area (Å²) < 4.78 is 26.6. The van der Waals surface area contributed by atoms with Crippen LogP contribution in [0.2, 0.25) is 0 Å². The zero-order chi connectivity index (χ0) is 11.5. The van der Waals surface area contributed by atoms with Gasteiger partial charge in [0.15, 0.2) is 0 Å². The van der Waals surface area contributed by atoms with Crippen LogP contribution in [0.25, 0.3) is 0 Å². The fourth-order valence-electron chi connectivity index (χ4n) is 2.11. The molecule has 16 heavy (non-hydrogen) atoms. The van der Waals surface area contributed by atoms with Gasteiger partial charge in [0, 0.05) is 18.2 Å². The zero-order valence-electron chi connectivity index (χ0n) is 8.92. The van der Waals surface area contributed by atoms with E-state index in [1.54, 1.807) is 0 Å². The molecule has 2 atom stereocenters. The standard InChI is InChI=1S/C12H15F2NO/c13-9-3-1-4-10(14)8(9)7-15-11-5-2-6-12(11)16/h1,3-4,11-12,15-16H,2,5-7H2/t11-,12-/m1/s1. The first-order valence-electron chi connectivity index (χ1n) is 5.53. The number of hydrogen-bond acceptors (Lipinski definition) is 2. The van der Waals surface area contributed by atoms with Gasteiger partial charge in [0.2, 0.25) is 0 Å². The van der Waals surface area contributed by atoms with Crippen molar-refractivity contribution in [2.24, 2.45) is 0 Å². The number of nitrogens with one attached hydrogen (secondary N) is 1. The van der Waals surface area contributed by atoms with Crippen LogP contribution in [0.4, 0.5) is 8.78 Å². The third-order valence-electron chi connectivity index (χ3n) is 3.08. The van der Waals surface area contributed by atoms with Crippen LogP contribution in [0.5, 0.6) is 0 Å². The predicted octanol–water partition coefficient (Wildman–Crippen LogP) is 1.97. The van der Waals surface area contributed by atoms with E-state index in [9.17, 15) is 13.9 Å². The van der Waals surface area contributed by atoms with Crippen molar-refractivity contribution in [2.45, 2.75) is 38.0 Å². The molecule has 0 spiro atoms. The van der Waals surface area contributed by atoms with E-state index in [0.717, 1.165) is 19.3 Å². The topological polar surface area (TPSA) is 32.3 Å². The minimum Gasteiger partial charge on any atom is -0.392 e. The Morgan fingerprint density at radius 3 is 2.50 bits per heavy atom. The third kappa shape index (κ3) is 2.39. The molecule has 0 aromatic heterocycles. The second kappa shape index (κ2) is 4.89. The summed E-state index contributed by atoms with van der Waals surface area (Å²) >= 11 is 0. The highest BCUT2D eigenvalue weighted by Crippen LogP contribution is 2.20. The van der Waals surface area contributed by atoms with Crippen LogP contribution < -0.4 is 5.32 Å². The molecule has 0 saturated heterocycles. The molecule has 1 aromatic carbocycles. The molecule has 4 heteroatoms. The minimum atomic E-state index is -0.542. The van der Waals surface area contributed by atoms with Gasteiger partial charge in [0.25, 0.3) is 0 Å². The Morgan fingerprint density at radius 1 is 1.25 bits per heavy atom. The molecule has 0 aliphatic heterocycles. The molecule has 0 heterocycles. The molecule has 2 rings (SSSR count). The number of aliphatic hydroxyl groups is 1.